The highest BCUT2D eigenvalue weighted by Gasteiger charge is 2.19. The van der Waals surface area contributed by atoms with Gasteiger partial charge >= 0.3 is 0 Å². The Morgan fingerprint density at radius 2 is 1.75 bits per heavy atom. The summed E-state index contributed by atoms with van der Waals surface area (Å²) in [5.74, 6) is 0.997. The Labute approximate surface area is 105 Å². The Morgan fingerprint density at radius 1 is 1.25 bits per heavy atom. The summed E-state index contributed by atoms with van der Waals surface area (Å²) in [6.45, 7) is 8.45. The van der Waals surface area contributed by atoms with E-state index in [-0.39, 0.29) is 4.58 Å². The smallest absolute Gasteiger partial charge is 0.105 e. The van der Waals surface area contributed by atoms with Gasteiger partial charge in [0.25, 0.3) is 0 Å². The predicted molar refractivity (Wildman–Crippen MR) is 75.6 cm³/mol. The Morgan fingerprint density at radius 3 is 2.12 bits per heavy atom. The van der Waals surface area contributed by atoms with E-state index in [4.69, 9.17) is 0 Å². The second kappa shape index (κ2) is 5.87. The molecule has 1 aromatic carbocycles. The molecule has 90 valence electrons. The van der Waals surface area contributed by atoms with E-state index >= 15 is 0 Å². The predicted octanol–water partition coefficient (Wildman–Crippen LogP) is 3.74. The molecule has 0 aromatic heterocycles. The molecule has 2 atom stereocenters. The fraction of sp³-hybridized carbons (Fsp3) is 0.538. The standard InChI is InChI=1S/C13H20OS2/c1-6-15-13(16(5)14)12-10(3)7-9(2)8-11(12)4/h7-8,13H,6H2,1-5H3. The number of thioether (sulfide) groups is 1. The number of benzene rings is 1. The molecular formula is C13H20OS2. The summed E-state index contributed by atoms with van der Waals surface area (Å²) in [6.07, 6.45) is 1.80. The van der Waals surface area contributed by atoms with Crippen LogP contribution in [0.15, 0.2) is 12.1 Å². The average molecular weight is 256 g/mol. The van der Waals surface area contributed by atoms with Gasteiger partial charge in [-0.3, -0.25) is 4.21 Å². The van der Waals surface area contributed by atoms with Crippen molar-refractivity contribution in [3.05, 3.63) is 34.4 Å². The van der Waals surface area contributed by atoms with Gasteiger partial charge in [0, 0.05) is 17.1 Å². The van der Waals surface area contributed by atoms with Crippen molar-refractivity contribution in [3.63, 3.8) is 0 Å². The maximum atomic E-state index is 11.8. The minimum atomic E-state index is -0.818. The molecule has 0 spiro atoms. The fourth-order valence-electron chi connectivity index (χ4n) is 2.06. The molecule has 0 bridgehead atoms. The van der Waals surface area contributed by atoms with Crippen molar-refractivity contribution in [2.45, 2.75) is 32.3 Å². The molecule has 0 fully saturated rings. The average Bonchev–Trinajstić information content (AvgIpc) is 2.14. The molecule has 1 rings (SSSR count). The highest BCUT2D eigenvalue weighted by molar-refractivity contribution is 8.10. The highest BCUT2D eigenvalue weighted by Crippen LogP contribution is 2.35. The number of hydrogen-bond donors (Lipinski definition) is 0. The van der Waals surface area contributed by atoms with Crippen LogP contribution in [0.1, 0.15) is 33.8 Å². The van der Waals surface area contributed by atoms with Crippen molar-refractivity contribution in [1.29, 1.82) is 0 Å². The Kier molecular flexibility index (Phi) is 5.06. The van der Waals surface area contributed by atoms with Crippen LogP contribution < -0.4 is 0 Å². The molecule has 0 aliphatic carbocycles. The molecular weight excluding hydrogens is 236 g/mol. The maximum Gasteiger partial charge on any atom is 0.105 e. The zero-order chi connectivity index (χ0) is 12.3. The first kappa shape index (κ1) is 13.8. The Hall–Kier alpha value is -0.280. The van der Waals surface area contributed by atoms with Crippen LogP contribution in [0.3, 0.4) is 0 Å². The van der Waals surface area contributed by atoms with Gasteiger partial charge in [-0.15, -0.1) is 11.8 Å². The van der Waals surface area contributed by atoms with Crippen LogP contribution in [-0.2, 0) is 10.8 Å². The summed E-state index contributed by atoms with van der Waals surface area (Å²) < 4.78 is 11.9. The summed E-state index contributed by atoms with van der Waals surface area (Å²) in [6, 6.07) is 4.36. The molecule has 0 saturated carbocycles. The maximum absolute atomic E-state index is 11.8. The largest absolute Gasteiger partial charge is 0.258 e. The van der Waals surface area contributed by atoms with Crippen LogP contribution in [0.25, 0.3) is 0 Å². The van der Waals surface area contributed by atoms with E-state index in [1.807, 2.05) is 0 Å². The highest BCUT2D eigenvalue weighted by atomic mass is 32.2. The third-order valence-corrected chi connectivity index (χ3v) is 5.52. The number of hydrogen-bond acceptors (Lipinski definition) is 2. The summed E-state index contributed by atoms with van der Waals surface area (Å²) in [5.41, 5.74) is 5.07. The molecule has 0 N–H and O–H groups in total. The van der Waals surface area contributed by atoms with Crippen molar-refractivity contribution < 1.29 is 4.21 Å². The third kappa shape index (κ3) is 3.11. The van der Waals surface area contributed by atoms with E-state index in [9.17, 15) is 4.21 Å². The second-order valence-corrected chi connectivity index (χ2v) is 7.25. The fourth-order valence-corrected chi connectivity index (χ4v) is 4.78. The lowest BCUT2D eigenvalue weighted by Gasteiger charge is -2.19. The first-order valence-electron chi connectivity index (χ1n) is 5.49. The van der Waals surface area contributed by atoms with E-state index in [0.717, 1.165) is 5.75 Å². The van der Waals surface area contributed by atoms with Gasteiger partial charge in [-0.1, -0.05) is 24.6 Å². The second-order valence-electron chi connectivity index (χ2n) is 4.10. The van der Waals surface area contributed by atoms with Crippen LogP contribution in [0.4, 0.5) is 0 Å². The molecule has 0 aliphatic rings. The minimum Gasteiger partial charge on any atom is -0.258 e. The topological polar surface area (TPSA) is 17.1 Å². The van der Waals surface area contributed by atoms with Crippen LogP contribution in [0.2, 0.25) is 0 Å². The molecule has 0 amide bonds. The van der Waals surface area contributed by atoms with Crippen molar-refractivity contribution in [2.24, 2.45) is 0 Å². The summed E-state index contributed by atoms with van der Waals surface area (Å²) >= 11 is 1.77. The summed E-state index contributed by atoms with van der Waals surface area (Å²) in [4.78, 5) is 0. The molecule has 1 nitrogen and oxygen atoms in total. The van der Waals surface area contributed by atoms with Crippen LogP contribution in [-0.4, -0.2) is 16.2 Å². The normalized spacial score (nSPS) is 14.8. The van der Waals surface area contributed by atoms with Gasteiger partial charge < -0.3 is 0 Å². The van der Waals surface area contributed by atoms with E-state index in [0.29, 0.717) is 0 Å². The lowest BCUT2D eigenvalue weighted by Crippen LogP contribution is -2.06. The zero-order valence-electron chi connectivity index (χ0n) is 10.7. The molecule has 1 aromatic rings. The number of aryl methyl sites for hydroxylation is 3. The van der Waals surface area contributed by atoms with Gasteiger partial charge in [0.1, 0.15) is 4.58 Å². The lowest BCUT2D eigenvalue weighted by molar-refractivity contribution is 0.685. The molecule has 0 radical (unpaired) electrons. The minimum absolute atomic E-state index is 0.116. The van der Waals surface area contributed by atoms with Crippen LogP contribution in [0, 0.1) is 20.8 Å². The van der Waals surface area contributed by atoms with E-state index < -0.39 is 10.8 Å². The van der Waals surface area contributed by atoms with E-state index in [1.54, 1.807) is 18.0 Å². The molecule has 0 aliphatic heterocycles. The van der Waals surface area contributed by atoms with Gasteiger partial charge in [-0.25, -0.2) is 0 Å². The van der Waals surface area contributed by atoms with Gasteiger partial charge in [0.2, 0.25) is 0 Å². The number of rotatable bonds is 4. The first-order chi connectivity index (χ1) is 7.47. The molecule has 2 unspecified atom stereocenters. The Bertz CT molecular complexity index is 376. The molecule has 0 saturated heterocycles. The molecule has 16 heavy (non-hydrogen) atoms. The van der Waals surface area contributed by atoms with Gasteiger partial charge in [-0.05, 0) is 43.2 Å². The quantitative estimate of drug-likeness (QED) is 0.816. The van der Waals surface area contributed by atoms with Gasteiger partial charge in [0.05, 0.1) is 0 Å². The molecule has 0 heterocycles. The first-order valence-corrected chi connectivity index (χ1v) is 8.16. The lowest BCUT2D eigenvalue weighted by atomic mass is 10.0. The summed E-state index contributed by atoms with van der Waals surface area (Å²) in [5, 5.41) is 0. The monoisotopic (exact) mass is 256 g/mol. The Balaban J connectivity index is 3.23. The van der Waals surface area contributed by atoms with Crippen molar-refractivity contribution in [3.8, 4) is 0 Å². The van der Waals surface area contributed by atoms with Gasteiger partial charge in [-0.2, -0.15) is 0 Å². The van der Waals surface area contributed by atoms with Gasteiger partial charge in [0.15, 0.2) is 0 Å². The van der Waals surface area contributed by atoms with Crippen LogP contribution >= 0.6 is 11.8 Å². The molecule has 3 heteroatoms. The van der Waals surface area contributed by atoms with Crippen LogP contribution in [0.5, 0.6) is 0 Å². The van der Waals surface area contributed by atoms with Crippen molar-refractivity contribution in [2.75, 3.05) is 12.0 Å². The summed E-state index contributed by atoms with van der Waals surface area (Å²) in [7, 11) is -0.818. The SMILES string of the molecule is CCSC(c1c(C)cc(C)cc1C)S(C)=O. The third-order valence-electron chi connectivity index (χ3n) is 2.59. The zero-order valence-corrected chi connectivity index (χ0v) is 12.3. The van der Waals surface area contributed by atoms with E-state index in [2.05, 4.69) is 39.8 Å². The van der Waals surface area contributed by atoms with Crippen molar-refractivity contribution in [1.82, 2.24) is 0 Å². The van der Waals surface area contributed by atoms with Crippen molar-refractivity contribution >= 4 is 22.6 Å². The van der Waals surface area contributed by atoms with E-state index in [1.165, 1.54) is 22.3 Å².